The third kappa shape index (κ3) is 3.30. The molecule has 0 saturated carbocycles. The molecule has 0 spiro atoms. The summed E-state index contributed by atoms with van der Waals surface area (Å²) in [5.41, 5.74) is 4.34. The third-order valence-electron chi connectivity index (χ3n) is 3.52. The summed E-state index contributed by atoms with van der Waals surface area (Å²) < 4.78 is 1.82. The highest BCUT2D eigenvalue weighted by atomic mass is 35.5. The zero-order chi connectivity index (χ0) is 16.6. The Hall–Kier alpha value is -1.73. The molecular weight excluding hydrogens is 334 g/mol. The van der Waals surface area contributed by atoms with Gasteiger partial charge in [0.2, 0.25) is 11.1 Å². The van der Waals surface area contributed by atoms with Gasteiger partial charge in [0.15, 0.2) is 0 Å². The third-order valence-corrected chi connectivity index (χ3v) is 4.98. The SMILES string of the molecule is Cc1nnc2n1N[C@H](c1ccc(Cl)cc1)[C@H](C(=O)NC(C)C)S2. The van der Waals surface area contributed by atoms with E-state index in [1.54, 1.807) is 0 Å². The van der Waals surface area contributed by atoms with Gasteiger partial charge in [-0.25, -0.2) is 4.68 Å². The van der Waals surface area contributed by atoms with E-state index in [2.05, 4.69) is 20.9 Å². The predicted octanol–water partition coefficient (Wildman–Crippen LogP) is 2.52. The molecule has 122 valence electrons. The minimum absolute atomic E-state index is 0.0237. The molecule has 0 radical (unpaired) electrons. The van der Waals surface area contributed by atoms with Gasteiger partial charge in [-0.15, -0.1) is 10.2 Å². The molecule has 23 heavy (non-hydrogen) atoms. The number of aromatic nitrogens is 3. The molecule has 1 aliphatic heterocycles. The van der Waals surface area contributed by atoms with E-state index in [1.165, 1.54) is 11.8 Å². The number of thioether (sulfide) groups is 1. The van der Waals surface area contributed by atoms with Crippen LogP contribution in [0.5, 0.6) is 0 Å². The van der Waals surface area contributed by atoms with Crippen molar-refractivity contribution in [2.75, 3.05) is 5.43 Å². The van der Waals surface area contributed by atoms with Gasteiger partial charge < -0.3 is 10.7 Å². The van der Waals surface area contributed by atoms with Crippen LogP contribution in [0.4, 0.5) is 0 Å². The highest BCUT2D eigenvalue weighted by Crippen LogP contribution is 2.37. The normalized spacial score (nSPS) is 20.0. The van der Waals surface area contributed by atoms with Crippen LogP contribution in [-0.4, -0.2) is 32.1 Å². The molecular formula is C15H18ClN5OS. The van der Waals surface area contributed by atoms with Crippen molar-refractivity contribution < 1.29 is 4.79 Å². The predicted molar refractivity (Wildman–Crippen MR) is 91.2 cm³/mol. The van der Waals surface area contributed by atoms with Crippen LogP contribution in [-0.2, 0) is 4.79 Å². The number of nitrogens with zero attached hydrogens (tertiary/aromatic N) is 3. The number of benzene rings is 1. The number of hydrogen-bond acceptors (Lipinski definition) is 5. The Morgan fingerprint density at radius 2 is 2.04 bits per heavy atom. The lowest BCUT2D eigenvalue weighted by Crippen LogP contribution is -2.45. The lowest BCUT2D eigenvalue weighted by Gasteiger charge is -2.33. The summed E-state index contributed by atoms with van der Waals surface area (Å²) in [5.74, 6) is 0.735. The number of halogens is 1. The lowest BCUT2D eigenvalue weighted by atomic mass is 10.0. The minimum atomic E-state index is -0.338. The maximum Gasteiger partial charge on any atom is 0.236 e. The van der Waals surface area contributed by atoms with Crippen molar-refractivity contribution in [2.45, 2.75) is 43.3 Å². The topological polar surface area (TPSA) is 71.8 Å². The van der Waals surface area contributed by atoms with Crippen molar-refractivity contribution in [1.29, 1.82) is 0 Å². The Kier molecular flexibility index (Phi) is 4.50. The number of rotatable bonds is 3. The first kappa shape index (κ1) is 16.1. The first-order valence-electron chi connectivity index (χ1n) is 7.37. The fraction of sp³-hybridized carbons (Fsp3) is 0.400. The van der Waals surface area contributed by atoms with Crippen LogP contribution in [0.15, 0.2) is 29.4 Å². The summed E-state index contributed by atoms with van der Waals surface area (Å²) in [6.07, 6.45) is 0. The van der Waals surface area contributed by atoms with Crippen LogP contribution in [0.1, 0.15) is 31.3 Å². The molecule has 2 heterocycles. The monoisotopic (exact) mass is 351 g/mol. The van der Waals surface area contributed by atoms with E-state index >= 15 is 0 Å². The fourth-order valence-electron chi connectivity index (χ4n) is 2.45. The molecule has 2 N–H and O–H groups in total. The van der Waals surface area contributed by atoms with E-state index < -0.39 is 0 Å². The standard InChI is InChI=1S/C15H18ClN5OS/c1-8(2)17-14(22)13-12(10-4-6-11(16)7-5-10)20-21-9(3)18-19-15(21)23-13/h4-8,12-13,20H,1-3H3,(H,17,22)/t12-,13-/m1/s1. The first-order valence-corrected chi connectivity index (χ1v) is 8.62. The molecule has 1 aromatic carbocycles. The van der Waals surface area contributed by atoms with Crippen LogP contribution >= 0.6 is 23.4 Å². The van der Waals surface area contributed by atoms with Gasteiger partial charge in [0.05, 0.1) is 6.04 Å². The number of aryl methyl sites for hydroxylation is 1. The molecule has 6 nitrogen and oxygen atoms in total. The fourth-order valence-corrected chi connectivity index (χ4v) is 3.71. The molecule has 0 aliphatic carbocycles. The van der Waals surface area contributed by atoms with Gasteiger partial charge in [0, 0.05) is 11.1 Å². The quantitative estimate of drug-likeness (QED) is 0.889. The van der Waals surface area contributed by atoms with Crippen molar-refractivity contribution in [1.82, 2.24) is 20.2 Å². The number of nitrogens with one attached hydrogen (secondary N) is 2. The highest BCUT2D eigenvalue weighted by molar-refractivity contribution is 8.00. The second kappa shape index (κ2) is 6.41. The van der Waals surface area contributed by atoms with Gasteiger partial charge in [-0.2, -0.15) is 0 Å². The molecule has 1 aromatic heterocycles. The molecule has 0 unspecified atom stereocenters. The van der Waals surface area contributed by atoms with Crippen LogP contribution in [0.2, 0.25) is 5.02 Å². The van der Waals surface area contributed by atoms with Gasteiger partial charge in [-0.3, -0.25) is 4.79 Å². The summed E-state index contributed by atoms with van der Waals surface area (Å²) in [4.78, 5) is 12.6. The summed E-state index contributed by atoms with van der Waals surface area (Å²) >= 11 is 7.39. The Morgan fingerprint density at radius 3 is 2.70 bits per heavy atom. The largest absolute Gasteiger partial charge is 0.353 e. The first-order chi connectivity index (χ1) is 11.0. The Labute approximate surface area is 144 Å². The van der Waals surface area contributed by atoms with Gasteiger partial charge >= 0.3 is 0 Å². The average Bonchev–Trinajstić information content (AvgIpc) is 2.87. The van der Waals surface area contributed by atoms with Crippen molar-refractivity contribution in [3.05, 3.63) is 40.7 Å². The van der Waals surface area contributed by atoms with Crippen molar-refractivity contribution in [3.8, 4) is 0 Å². The molecule has 8 heteroatoms. The molecule has 1 aliphatic rings. The van der Waals surface area contributed by atoms with Crippen molar-refractivity contribution in [2.24, 2.45) is 0 Å². The summed E-state index contributed by atoms with van der Waals surface area (Å²) in [7, 11) is 0. The van der Waals surface area contributed by atoms with Crippen molar-refractivity contribution >= 4 is 29.3 Å². The zero-order valence-corrected chi connectivity index (χ0v) is 14.6. The van der Waals surface area contributed by atoms with Crippen LogP contribution in [0.25, 0.3) is 0 Å². The minimum Gasteiger partial charge on any atom is -0.353 e. The number of amides is 1. The summed E-state index contributed by atoms with van der Waals surface area (Å²) in [6.45, 7) is 5.77. The summed E-state index contributed by atoms with van der Waals surface area (Å²) in [5, 5.41) is 12.2. The van der Waals surface area contributed by atoms with Crippen LogP contribution in [0, 0.1) is 6.92 Å². The van der Waals surface area contributed by atoms with Crippen LogP contribution in [0.3, 0.4) is 0 Å². The molecule has 0 saturated heterocycles. The maximum absolute atomic E-state index is 12.6. The maximum atomic E-state index is 12.6. The molecule has 1 amide bonds. The summed E-state index contributed by atoms with van der Waals surface area (Å²) in [6, 6.07) is 7.40. The number of fused-ring (bicyclic) bond motifs is 1. The van der Waals surface area contributed by atoms with E-state index in [0.717, 1.165) is 11.4 Å². The van der Waals surface area contributed by atoms with Gasteiger partial charge in [0.25, 0.3) is 0 Å². The van der Waals surface area contributed by atoms with Gasteiger partial charge in [-0.05, 0) is 38.5 Å². The molecule has 0 bridgehead atoms. The highest BCUT2D eigenvalue weighted by Gasteiger charge is 2.37. The average molecular weight is 352 g/mol. The van der Waals surface area contributed by atoms with Gasteiger partial charge in [0.1, 0.15) is 11.1 Å². The lowest BCUT2D eigenvalue weighted by molar-refractivity contribution is -0.121. The second-order valence-corrected chi connectivity index (χ2v) is 7.27. The molecule has 3 rings (SSSR count). The van der Waals surface area contributed by atoms with E-state index in [9.17, 15) is 4.79 Å². The second-order valence-electron chi connectivity index (χ2n) is 5.73. The van der Waals surface area contributed by atoms with E-state index in [1.807, 2.05) is 49.7 Å². The van der Waals surface area contributed by atoms with E-state index in [-0.39, 0.29) is 23.2 Å². The number of carbonyl (C=O) groups excluding carboxylic acids is 1. The van der Waals surface area contributed by atoms with Crippen LogP contribution < -0.4 is 10.7 Å². The molecule has 2 aromatic rings. The van der Waals surface area contributed by atoms with E-state index in [0.29, 0.717) is 10.2 Å². The Bertz CT molecular complexity index is 715. The van der Waals surface area contributed by atoms with E-state index in [4.69, 9.17) is 11.6 Å². The number of carbonyl (C=O) groups is 1. The zero-order valence-electron chi connectivity index (χ0n) is 13.1. The van der Waals surface area contributed by atoms with Gasteiger partial charge in [-0.1, -0.05) is 35.5 Å². The molecule has 0 fully saturated rings. The Morgan fingerprint density at radius 1 is 1.35 bits per heavy atom. The molecule has 2 atom stereocenters. The van der Waals surface area contributed by atoms with Crippen molar-refractivity contribution in [3.63, 3.8) is 0 Å². The number of hydrogen-bond donors (Lipinski definition) is 2. The smallest absolute Gasteiger partial charge is 0.236 e. The Balaban J connectivity index is 1.96.